The lowest BCUT2D eigenvalue weighted by atomic mass is 9.81. The first-order valence-electron chi connectivity index (χ1n) is 11.0. The number of likely N-dealkylation sites (tertiary alicyclic amines) is 1. The number of amides is 2. The van der Waals surface area contributed by atoms with Crippen LogP contribution >= 0.6 is 0 Å². The normalized spacial score (nSPS) is 20.6. The average molecular weight is 403 g/mol. The summed E-state index contributed by atoms with van der Waals surface area (Å²) in [6, 6.07) is 5.75. The van der Waals surface area contributed by atoms with Crippen LogP contribution in [0.4, 0.5) is 0 Å². The number of hydrogen-bond acceptors (Lipinski definition) is 4. The van der Waals surface area contributed by atoms with Gasteiger partial charge in [0, 0.05) is 32.5 Å². The van der Waals surface area contributed by atoms with E-state index in [1.54, 1.807) is 0 Å². The summed E-state index contributed by atoms with van der Waals surface area (Å²) in [5.74, 6) is 2.59. The van der Waals surface area contributed by atoms with Gasteiger partial charge in [0.1, 0.15) is 0 Å². The fourth-order valence-electron chi connectivity index (χ4n) is 4.28. The second-order valence-corrected chi connectivity index (χ2v) is 8.18. The van der Waals surface area contributed by atoms with Gasteiger partial charge in [-0.15, -0.1) is 0 Å². The Bertz CT molecular complexity index is 706. The summed E-state index contributed by atoms with van der Waals surface area (Å²) >= 11 is 0. The van der Waals surface area contributed by atoms with Crippen molar-refractivity contribution in [2.45, 2.75) is 65.3 Å². The molecule has 1 aromatic carbocycles. The van der Waals surface area contributed by atoms with Crippen LogP contribution < -0.4 is 14.8 Å². The fourth-order valence-corrected chi connectivity index (χ4v) is 4.28. The summed E-state index contributed by atoms with van der Waals surface area (Å²) < 4.78 is 10.7. The van der Waals surface area contributed by atoms with E-state index >= 15 is 0 Å². The van der Waals surface area contributed by atoms with Crippen LogP contribution in [0.5, 0.6) is 11.5 Å². The number of nitrogens with one attached hydrogen (secondary N) is 1. The van der Waals surface area contributed by atoms with Crippen LogP contribution in [0.1, 0.15) is 64.4 Å². The molecule has 1 aromatic rings. The zero-order chi connectivity index (χ0) is 20.6. The van der Waals surface area contributed by atoms with Gasteiger partial charge in [-0.1, -0.05) is 39.2 Å². The van der Waals surface area contributed by atoms with E-state index in [1.165, 1.54) is 0 Å². The summed E-state index contributed by atoms with van der Waals surface area (Å²) in [6.07, 6.45) is 6.33. The van der Waals surface area contributed by atoms with E-state index in [4.69, 9.17) is 9.47 Å². The predicted molar refractivity (Wildman–Crippen MR) is 112 cm³/mol. The molecule has 0 unspecified atom stereocenters. The number of fused-ring (bicyclic) bond motifs is 1. The van der Waals surface area contributed by atoms with Crippen LogP contribution in [0.3, 0.4) is 0 Å². The molecule has 0 aliphatic carbocycles. The summed E-state index contributed by atoms with van der Waals surface area (Å²) in [5.41, 5.74) is 1.00. The molecule has 1 saturated heterocycles. The molecule has 160 valence electrons. The first kappa shape index (κ1) is 21.5. The van der Waals surface area contributed by atoms with Crippen molar-refractivity contribution in [3.63, 3.8) is 0 Å². The lowest BCUT2D eigenvalue weighted by molar-refractivity contribution is -0.134. The molecule has 0 spiro atoms. The number of ether oxygens (including phenoxy) is 2. The minimum Gasteiger partial charge on any atom is -0.454 e. The molecule has 1 fully saturated rings. The highest BCUT2D eigenvalue weighted by atomic mass is 16.7. The summed E-state index contributed by atoms with van der Waals surface area (Å²) in [6.45, 7) is 6.63. The third kappa shape index (κ3) is 5.87. The highest BCUT2D eigenvalue weighted by Gasteiger charge is 2.31. The number of hydrogen-bond donors (Lipinski definition) is 1. The molecule has 2 atom stereocenters. The van der Waals surface area contributed by atoms with Crippen LogP contribution in [0, 0.1) is 11.8 Å². The molecule has 6 nitrogen and oxygen atoms in total. The Morgan fingerprint density at radius 3 is 2.76 bits per heavy atom. The van der Waals surface area contributed by atoms with E-state index in [2.05, 4.69) is 19.2 Å². The van der Waals surface area contributed by atoms with Crippen LogP contribution in [0.25, 0.3) is 0 Å². The summed E-state index contributed by atoms with van der Waals surface area (Å²) in [5, 5.41) is 3.03. The fraction of sp³-hybridized carbons (Fsp3) is 0.652. The van der Waals surface area contributed by atoms with Crippen molar-refractivity contribution in [3.05, 3.63) is 23.8 Å². The monoisotopic (exact) mass is 402 g/mol. The molecule has 2 aliphatic heterocycles. The zero-order valence-electron chi connectivity index (χ0n) is 17.7. The largest absolute Gasteiger partial charge is 0.454 e. The molecule has 29 heavy (non-hydrogen) atoms. The molecular weight excluding hydrogens is 368 g/mol. The van der Waals surface area contributed by atoms with Crippen LogP contribution in [-0.4, -0.2) is 36.6 Å². The SMILES string of the molecule is CCCCCC(=O)N1CC[C@@H](CC(=O)NCc2ccc3c(c2)OCO3)[C@@H](CC)C1. The maximum absolute atomic E-state index is 12.5. The second kappa shape index (κ2) is 10.5. The Hall–Kier alpha value is -2.24. The maximum atomic E-state index is 12.5. The molecule has 3 rings (SSSR count). The number of piperidine rings is 1. The third-order valence-corrected chi connectivity index (χ3v) is 6.14. The highest BCUT2D eigenvalue weighted by Crippen LogP contribution is 2.33. The van der Waals surface area contributed by atoms with Gasteiger partial charge >= 0.3 is 0 Å². The Kier molecular flexibility index (Phi) is 7.78. The van der Waals surface area contributed by atoms with E-state index < -0.39 is 0 Å². The lowest BCUT2D eigenvalue weighted by Crippen LogP contribution is -2.44. The highest BCUT2D eigenvalue weighted by molar-refractivity contribution is 5.77. The molecule has 2 heterocycles. The maximum Gasteiger partial charge on any atom is 0.231 e. The van der Waals surface area contributed by atoms with E-state index in [1.807, 2.05) is 23.1 Å². The number of carbonyl (C=O) groups excluding carboxylic acids is 2. The predicted octanol–water partition coefficient (Wildman–Crippen LogP) is 3.88. The van der Waals surface area contributed by atoms with E-state index in [9.17, 15) is 9.59 Å². The zero-order valence-corrected chi connectivity index (χ0v) is 17.7. The van der Waals surface area contributed by atoms with Crippen molar-refractivity contribution >= 4 is 11.8 Å². The lowest BCUT2D eigenvalue weighted by Gasteiger charge is -2.38. The minimum atomic E-state index is 0.0776. The number of unbranched alkanes of at least 4 members (excludes halogenated alkanes) is 2. The van der Waals surface area contributed by atoms with Crippen molar-refractivity contribution in [1.29, 1.82) is 0 Å². The van der Waals surface area contributed by atoms with E-state index in [0.29, 0.717) is 31.2 Å². The second-order valence-electron chi connectivity index (χ2n) is 8.18. The van der Waals surface area contributed by atoms with Gasteiger partial charge in [-0.2, -0.15) is 0 Å². The van der Waals surface area contributed by atoms with Crippen molar-refractivity contribution in [2.75, 3.05) is 19.9 Å². The molecule has 2 aliphatic rings. The van der Waals surface area contributed by atoms with Crippen LogP contribution in [0.15, 0.2) is 18.2 Å². The number of carbonyl (C=O) groups is 2. The first-order chi connectivity index (χ1) is 14.1. The topological polar surface area (TPSA) is 67.9 Å². The van der Waals surface area contributed by atoms with Crippen molar-refractivity contribution in [3.8, 4) is 11.5 Å². The number of rotatable bonds is 9. The van der Waals surface area contributed by atoms with Gasteiger partial charge in [0.2, 0.25) is 18.6 Å². The number of benzene rings is 1. The third-order valence-electron chi connectivity index (χ3n) is 6.14. The van der Waals surface area contributed by atoms with Crippen LogP contribution in [0.2, 0.25) is 0 Å². The van der Waals surface area contributed by atoms with Gasteiger partial charge in [0.15, 0.2) is 11.5 Å². The van der Waals surface area contributed by atoms with Gasteiger partial charge in [0.25, 0.3) is 0 Å². The van der Waals surface area contributed by atoms with E-state index in [0.717, 1.165) is 62.3 Å². The minimum absolute atomic E-state index is 0.0776. The Morgan fingerprint density at radius 1 is 1.14 bits per heavy atom. The van der Waals surface area contributed by atoms with Gasteiger partial charge < -0.3 is 19.7 Å². The smallest absolute Gasteiger partial charge is 0.231 e. The quantitative estimate of drug-likeness (QED) is 0.637. The Labute approximate surface area is 173 Å². The van der Waals surface area contributed by atoms with Gasteiger partial charge in [-0.3, -0.25) is 9.59 Å². The standard InChI is InChI=1S/C23H34N2O4/c1-3-5-6-7-23(27)25-11-10-19(18(4-2)15-25)13-22(26)24-14-17-8-9-20-21(12-17)29-16-28-20/h8-9,12,18-19H,3-7,10-11,13-16H2,1-2H3,(H,24,26)/t18-,19-/m0/s1. The average Bonchev–Trinajstić information content (AvgIpc) is 3.20. The van der Waals surface area contributed by atoms with E-state index in [-0.39, 0.29) is 18.6 Å². The number of nitrogens with zero attached hydrogens (tertiary/aromatic N) is 1. The van der Waals surface area contributed by atoms with Crippen LogP contribution in [-0.2, 0) is 16.1 Å². The van der Waals surface area contributed by atoms with Gasteiger partial charge in [-0.05, 0) is 42.4 Å². The van der Waals surface area contributed by atoms with Crippen molar-refractivity contribution in [2.24, 2.45) is 11.8 Å². The van der Waals surface area contributed by atoms with Crippen molar-refractivity contribution in [1.82, 2.24) is 10.2 Å². The molecule has 2 amide bonds. The molecule has 6 heteroatoms. The van der Waals surface area contributed by atoms with Gasteiger partial charge in [-0.25, -0.2) is 0 Å². The van der Waals surface area contributed by atoms with Crippen molar-refractivity contribution < 1.29 is 19.1 Å². The molecule has 1 N–H and O–H groups in total. The summed E-state index contributed by atoms with van der Waals surface area (Å²) in [4.78, 5) is 27.0. The van der Waals surface area contributed by atoms with Gasteiger partial charge in [0.05, 0.1) is 0 Å². The molecule has 0 saturated carbocycles. The molecular formula is C23H34N2O4. The molecule has 0 bridgehead atoms. The molecule has 0 aromatic heterocycles. The Morgan fingerprint density at radius 2 is 1.97 bits per heavy atom. The molecule has 0 radical (unpaired) electrons. The Balaban J connectivity index is 1.44. The summed E-state index contributed by atoms with van der Waals surface area (Å²) in [7, 11) is 0. The first-order valence-corrected chi connectivity index (χ1v) is 11.0.